The van der Waals surface area contributed by atoms with Gasteiger partial charge in [0.1, 0.15) is 5.78 Å². The molecule has 0 aromatic rings. The molecule has 0 spiro atoms. The van der Waals surface area contributed by atoms with Crippen LogP contribution in [0.2, 0.25) is 0 Å². The van der Waals surface area contributed by atoms with Crippen LogP contribution >= 0.6 is 0 Å². The van der Waals surface area contributed by atoms with Crippen LogP contribution in [0.4, 0.5) is 0 Å². The standard InChI is InChI=1S/C15H27NO/c1-11(2)13-6-5-9-16(13)10-12-7-8-15(3,4)14(12)17/h11-13H,5-10H2,1-4H3. The molecular weight excluding hydrogens is 210 g/mol. The Bertz CT molecular complexity index is 295. The molecule has 0 amide bonds. The zero-order valence-electron chi connectivity index (χ0n) is 11.8. The second-order valence-corrected chi connectivity index (χ2v) is 6.93. The minimum absolute atomic E-state index is 0.0578. The lowest BCUT2D eigenvalue weighted by atomic mass is 9.89. The van der Waals surface area contributed by atoms with E-state index in [0.29, 0.717) is 17.7 Å². The van der Waals surface area contributed by atoms with Gasteiger partial charge in [0.25, 0.3) is 0 Å². The molecule has 98 valence electrons. The molecule has 2 heteroatoms. The molecule has 0 aromatic heterocycles. The van der Waals surface area contributed by atoms with Crippen LogP contribution in [-0.4, -0.2) is 29.8 Å². The zero-order valence-corrected chi connectivity index (χ0v) is 11.8. The maximum atomic E-state index is 12.3. The fourth-order valence-electron chi connectivity index (χ4n) is 3.63. The summed E-state index contributed by atoms with van der Waals surface area (Å²) in [6.45, 7) is 11.1. The van der Waals surface area contributed by atoms with Gasteiger partial charge in [-0.25, -0.2) is 0 Å². The number of ketones is 1. The topological polar surface area (TPSA) is 20.3 Å². The third-order valence-electron chi connectivity index (χ3n) is 4.79. The average molecular weight is 237 g/mol. The largest absolute Gasteiger partial charge is 0.299 e. The van der Waals surface area contributed by atoms with Crippen LogP contribution in [0, 0.1) is 17.3 Å². The Morgan fingerprint density at radius 2 is 2.06 bits per heavy atom. The highest BCUT2D eigenvalue weighted by molar-refractivity contribution is 5.88. The van der Waals surface area contributed by atoms with Gasteiger partial charge in [-0.15, -0.1) is 0 Å². The summed E-state index contributed by atoms with van der Waals surface area (Å²) in [5, 5.41) is 0. The molecule has 2 nitrogen and oxygen atoms in total. The van der Waals surface area contributed by atoms with Crippen LogP contribution in [0.1, 0.15) is 53.4 Å². The summed E-state index contributed by atoms with van der Waals surface area (Å²) in [4.78, 5) is 14.8. The summed E-state index contributed by atoms with van der Waals surface area (Å²) in [7, 11) is 0. The first-order chi connectivity index (χ1) is 7.92. The molecule has 1 aliphatic heterocycles. The highest BCUT2D eigenvalue weighted by atomic mass is 16.1. The molecule has 17 heavy (non-hydrogen) atoms. The van der Waals surface area contributed by atoms with Crippen molar-refractivity contribution in [3.63, 3.8) is 0 Å². The third kappa shape index (κ3) is 2.57. The van der Waals surface area contributed by atoms with Gasteiger partial charge >= 0.3 is 0 Å². The lowest BCUT2D eigenvalue weighted by Gasteiger charge is -2.29. The Hall–Kier alpha value is -0.370. The monoisotopic (exact) mass is 237 g/mol. The Kier molecular flexibility index (Phi) is 3.63. The maximum absolute atomic E-state index is 12.3. The number of hydrogen-bond donors (Lipinski definition) is 0. The summed E-state index contributed by atoms with van der Waals surface area (Å²) in [6.07, 6.45) is 4.82. The van der Waals surface area contributed by atoms with Crippen molar-refractivity contribution in [2.24, 2.45) is 17.3 Å². The molecule has 0 radical (unpaired) electrons. The number of carbonyl (C=O) groups is 1. The highest BCUT2D eigenvalue weighted by Crippen LogP contribution is 2.39. The van der Waals surface area contributed by atoms with E-state index in [1.54, 1.807) is 0 Å². The first-order valence-corrected chi connectivity index (χ1v) is 7.20. The molecule has 2 unspecified atom stereocenters. The van der Waals surface area contributed by atoms with Crippen LogP contribution in [0.25, 0.3) is 0 Å². The van der Waals surface area contributed by atoms with Gasteiger partial charge in [-0.3, -0.25) is 9.69 Å². The Balaban J connectivity index is 1.96. The first kappa shape index (κ1) is 13.1. The summed E-state index contributed by atoms with van der Waals surface area (Å²) in [5.41, 5.74) is -0.0578. The van der Waals surface area contributed by atoms with E-state index in [2.05, 4.69) is 32.6 Å². The predicted molar refractivity (Wildman–Crippen MR) is 70.9 cm³/mol. The minimum atomic E-state index is -0.0578. The molecule has 0 bridgehead atoms. The predicted octanol–water partition coefficient (Wildman–Crippen LogP) is 3.11. The van der Waals surface area contributed by atoms with Gasteiger partial charge < -0.3 is 0 Å². The van der Waals surface area contributed by atoms with Gasteiger partial charge in [0.15, 0.2) is 0 Å². The number of rotatable bonds is 3. The lowest BCUT2D eigenvalue weighted by Crippen LogP contribution is -2.39. The lowest BCUT2D eigenvalue weighted by molar-refractivity contribution is -0.128. The van der Waals surface area contributed by atoms with Gasteiger partial charge in [0.2, 0.25) is 0 Å². The first-order valence-electron chi connectivity index (χ1n) is 7.20. The molecule has 1 saturated heterocycles. The van der Waals surface area contributed by atoms with Crippen LogP contribution < -0.4 is 0 Å². The fourth-order valence-corrected chi connectivity index (χ4v) is 3.63. The molecular formula is C15H27NO. The molecule has 2 atom stereocenters. The molecule has 1 heterocycles. The van der Waals surface area contributed by atoms with Crippen molar-refractivity contribution in [1.29, 1.82) is 0 Å². The molecule has 2 fully saturated rings. The van der Waals surface area contributed by atoms with Gasteiger partial charge in [-0.05, 0) is 38.1 Å². The van der Waals surface area contributed by atoms with Crippen LogP contribution in [0.15, 0.2) is 0 Å². The Morgan fingerprint density at radius 1 is 1.35 bits per heavy atom. The second kappa shape index (κ2) is 4.72. The van der Waals surface area contributed by atoms with Gasteiger partial charge in [-0.2, -0.15) is 0 Å². The SMILES string of the molecule is CC(C)C1CCCN1CC1CCC(C)(C)C1=O. The van der Waals surface area contributed by atoms with Crippen molar-refractivity contribution in [3.05, 3.63) is 0 Å². The van der Waals surface area contributed by atoms with Crippen molar-refractivity contribution >= 4 is 5.78 Å². The number of likely N-dealkylation sites (tertiary alicyclic amines) is 1. The van der Waals surface area contributed by atoms with Crippen LogP contribution in [-0.2, 0) is 4.79 Å². The molecule has 1 aliphatic carbocycles. The van der Waals surface area contributed by atoms with Crippen molar-refractivity contribution in [2.75, 3.05) is 13.1 Å². The zero-order chi connectivity index (χ0) is 12.6. The van der Waals surface area contributed by atoms with Crippen molar-refractivity contribution in [1.82, 2.24) is 4.90 Å². The second-order valence-electron chi connectivity index (χ2n) is 6.93. The van der Waals surface area contributed by atoms with Crippen LogP contribution in [0.5, 0.6) is 0 Å². The molecule has 0 aromatic carbocycles. The molecule has 1 saturated carbocycles. The third-order valence-corrected chi connectivity index (χ3v) is 4.79. The summed E-state index contributed by atoms with van der Waals surface area (Å²) >= 11 is 0. The van der Waals surface area contributed by atoms with Crippen molar-refractivity contribution in [3.8, 4) is 0 Å². The molecule has 2 aliphatic rings. The number of nitrogens with zero attached hydrogens (tertiary/aromatic N) is 1. The van der Waals surface area contributed by atoms with E-state index < -0.39 is 0 Å². The Morgan fingerprint density at radius 3 is 2.59 bits per heavy atom. The van der Waals surface area contributed by atoms with E-state index in [1.165, 1.54) is 19.4 Å². The molecule has 2 rings (SSSR count). The van der Waals surface area contributed by atoms with E-state index >= 15 is 0 Å². The van der Waals surface area contributed by atoms with E-state index in [0.717, 1.165) is 25.3 Å². The average Bonchev–Trinajstić information content (AvgIpc) is 2.79. The highest BCUT2D eigenvalue weighted by Gasteiger charge is 2.42. The van der Waals surface area contributed by atoms with Crippen LogP contribution in [0.3, 0.4) is 0 Å². The number of hydrogen-bond acceptors (Lipinski definition) is 2. The minimum Gasteiger partial charge on any atom is -0.299 e. The summed E-state index contributed by atoms with van der Waals surface area (Å²) in [6, 6.07) is 0.714. The van der Waals surface area contributed by atoms with Crippen molar-refractivity contribution in [2.45, 2.75) is 59.4 Å². The number of carbonyl (C=O) groups excluding carboxylic acids is 1. The van der Waals surface area contributed by atoms with Crippen molar-refractivity contribution < 1.29 is 4.79 Å². The smallest absolute Gasteiger partial charge is 0.142 e. The van der Waals surface area contributed by atoms with E-state index in [4.69, 9.17) is 0 Å². The maximum Gasteiger partial charge on any atom is 0.142 e. The number of Topliss-reactive ketones (excluding diaryl/α,β-unsaturated/α-hetero) is 1. The van der Waals surface area contributed by atoms with E-state index in [9.17, 15) is 4.79 Å². The van der Waals surface area contributed by atoms with Gasteiger partial charge in [-0.1, -0.05) is 27.7 Å². The van der Waals surface area contributed by atoms with Gasteiger partial charge in [0.05, 0.1) is 0 Å². The van der Waals surface area contributed by atoms with E-state index in [-0.39, 0.29) is 5.41 Å². The summed E-state index contributed by atoms with van der Waals surface area (Å²) < 4.78 is 0. The van der Waals surface area contributed by atoms with Gasteiger partial charge in [0, 0.05) is 23.9 Å². The fraction of sp³-hybridized carbons (Fsp3) is 0.933. The molecule has 0 N–H and O–H groups in total. The van der Waals surface area contributed by atoms with E-state index in [1.807, 2.05) is 0 Å². The summed E-state index contributed by atoms with van der Waals surface area (Å²) in [5.74, 6) is 1.54. The quantitative estimate of drug-likeness (QED) is 0.751. The normalized spacial score (nSPS) is 33.8. The Labute approximate surface area is 106 Å².